The molecule has 0 radical (unpaired) electrons. The molecule has 4 nitrogen and oxygen atoms in total. The number of halogens is 1. The van der Waals surface area contributed by atoms with Crippen LogP contribution in [0.15, 0.2) is 24.3 Å². The van der Waals surface area contributed by atoms with E-state index in [1.54, 1.807) is 12.1 Å². The Morgan fingerprint density at radius 2 is 2.05 bits per heavy atom. The molecule has 1 heterocycles. The third-order valence-corrected chi connectivity index (χ3v) is 3.67. The molecule has 21 heavy (non-hydrogen) atoms. The van der Waals surface area contributed by atoms with Crippen molar-refractivity contribution in [2.24, 2.45) is 0 Å². The molecule has 1 aliphatic rings. The molecule has 0 aromatic heterocycles. The lowest BCUT2D eigenvalue weighted by Gasteiger charge is -2.23. The van der Waals surface area contributed by atoms with Crippen molar-refractivity contribution < 1.29 is 14.3 Å². The Morgan fingerprint density at radius 3 is 2.67 bits per heavy atom. The van der Waals surface area contributed by atoms with Gasteiger partial charge in [-0.05, 0) is 43.5 Å². The van der Waals surface area contributed by atoms with E-state index in [4.69, 9.17) is 4.74 Å². The number of nitrogens with one attached hydrogen (secondary N) is 1. The lowest BCUT2D eigenvalue weighted by molar-refractivity contribution is 0.0600. The molecule has 0 amide bonds. The number of hydrogen-bond donors (Lipinski definition) is 1. The zero-order valence-corrected chi connectivity index (χ0v) is 13.3. The number of carbonyl (C=O) groups is 1. The number of rotatable bonds is 6. The Balaban J connectivity index is 0.00000220. The Labute approximate surface area is 132 Å². The lowest BCUT2D eigenvalue weighted by Crippen LogP contribution is -2.34. The van der Waals surface area contributed by atoms with Gasteiger partial charge in [0.25, 0.3) is 0 Å². The van der Waals surface area contributed by atoms with Gasteiger partial charge < -0.3 is 14.8 Å². The van der Waals surface area contributed by atoms with Gasteiger partial charge in [-0.1, -0.05) is 18.6 Å². The highest BCUT2D eigenvalue weighted by Crippen LogP contribution is 2.11. The van der Waals surface area contributed by atoms with Gasteiger partial charge in [-0.2, -0.15) is 0 Å². The number of methoxy groups -OCH3 is 1. The third kappa shape index (κ3) is 6.04. The van der Waals surface area contributed by atoms with Crippen LogP contribution in [0.25, 0.3) is 0 Å². The maximum atomic E-state index is 11.3. The van der Waals surface area contributed by atoms with E-state index < -0.39 is 0 Å². The number of ether oxygens (including phenoxy) is 2. The minimum Gasteiger partial charge on any atom is -0.465 e. The zero-order valence-electron chi connectivity index (χ0n) is 12.5. The van der Waals surface area contributed by atoms with E-state index in [1.165, 1.54) is 26.4 Å². The van der Waals surface area contributed by atoms with E-state index in [-0.39, 0.29) is 18.4 Å². The van der Waals surface area contributed by atoms with Gasteiger partial charge in [-0.25, -0.2) is 4.79 Å². The summed E-state index contributed by atoms with van der Waals surface area (Å²) in [5.74, 6) is -0.305. The molecule has 1 aromatic rings. The first-order valence-corrected chi connectivity index (χ1v) is 7.28. The summed E-state index contributed by atoms with van der Waals surface area (Å²) < 4.78 is 10.4. The van der Waals surface area contributed by atoms with Gasteiger partial charge in [0.15, 0.2) is 0 Å². The molecule has 1 aromatic carbocycles. The monoisotopic (exact) mass is 313 g/mol. The van der Waals surface area contributed by atoms with Crippen molar-refractivity contribution >= 4 is 18.4 Å². The van der Waals surface area contributed by atoms with Crippen LogP contribution >= 0.6 is 12.4 Å². The second-order valence-electron chi connectivity index (χ2n) is 5.18. The molecule has 0 aliphatic carbocycles. The van der Waals surface area contributed by atoms with Crippen molar-refractivity contribution in [2.45, 2.75) is 38.3 Å². The molecule has 1 aliphatic heterocycles. The van der Waals surface area contributed by atoms with Crippen LogP contribution in [0.2, 0.25) is 0 Å². The second kappa shape index (κ2) is 9.77. The zero-order chi connectivity index (χ0) is 14.2. The van der Waals surface area contributed by atoms with E-state index in [9.17, 15) is 4.79 Å². The number of esters is 1. The van der Waals surface area contributed by atoms with Gasteiger partial charge in [0.05, 0.1) is 19.3 Å². The van der Waals surface area contributed by atoms with Crippen LogP contribution in [0.5, 0.6) is 0 Å². The van der Waals surface area contributed by atoms with E-state index in [0.29, 0.717) is 18.2 Å². The van der Waals surface area contributed by atoms with Crippen molar-refractivity contribution in [3.8, 4) is 0 Å². The molecular weight excluding hydrogens is 290 g/mol. The van der Waals surface area contributed by atoms with Crippen molar-refractivity contribution in [2.75, 3.05) is 20.3 Å². The van der Waals surface area contributed by atoms with Crippen LogP contribution in [0, 0.1) is 0 Å². The van der Waals surface area contributed by atoms with Crippen LogP contribution in [-0.2, 0) is 16.1 Å². The number of carbonyl (C=O) groups excluding carboxylic acids is 1. The summed E-state index contributed by atoms with van der Waals surface area (Å²) in [5.41, 5.74) is 1.65. The molecule has 2 rings (SSSR count). The summed E-state index contributed by atoms with van der Waals surface area (Å²) in [6, 6.07) is 7.97. The quantitative estimate of drug-likeness (QED) is 0.648. The van der Waals surface area contributed by atoms with Crippen LogP contribution < -0.4 is 5.32 Å². The van der Waals surface area contributed by atoms with Crippen molar-refractivity contribution in [1.29, 1.82) is 0 Å². The molecule has 0 spiro atoms. The van der Waals surface area contributed by atoms with E-state index in [1.807, 2.05) is 12.1 Å². The summed E-state index contributed by atoms with van der Waals surface area (Å²) in [5, 5.41) is 3.51. The fourth-order valence-electron chi connectivity index (χ4n) is 2.44. The highest BCUT2D eigenvalue weighted by molar-refractivity contribution is 5.89. The Kier molecular flexibility index (Phi) is 8.35. The van der Waals surface area contributed by atoms with Gasteiger partial charge in [-0.3, -0.25) is 0 Å². The number of piperidine rings is 1. The SMILES string of the molecule is COC(=O)c1ccc(COCCC2CCCCN2)cc1.Cl. The summed E-state index contributed by atoms with van der Waals surface area (Å²) in [6.45, 7) is 2.50. The summed E-state index contributed by atoms with van der Waals surface area (Å²) in [4.78, 5) is 11.3. The first-order valence-electron chi connectivity index (χ1n) is 7.28. The Hall–Kier alpha value is -1.10. The number of benzene rings is 1. The minimum atomic E-state index is -0.305. The van der Waals surface area contributed by atoms with Crippen LogP contribution in [-0.4, -0.2) is 32.3 Å². The highest BCUT2D eigenvalue weighted by Gasteiger charge is 2.11. The van der Waals surface area contributed by atoms with E-state index in [2.05, 4.69) is 10.1 Å². The van der Waals surface area contributed by atoms with Crippen LogP contribution in [0.3, 0.4) is 0 Å². The standard InChI is InChI=1S/C16H23NO3.ClH/c1-19-16(18)14-7-5-13(6-8-14)12-20-11-9-15-4-2-3-10-17-15;/h5-8,15,17H,2-4,9-12H2,1H3;1H. The van der Waals surface area contributed by atoms with Gasteiger partial charge in [-0.15, -0.1) is 12.4 Å². The molecule has 1 saturated heterocycles. The van der Waals surface area contributed by atoms with Gasteiger partial charge >= 0.3 is 5.97 Å². The maximum absolute atomic E-state index is 11.3. The molecule has 0 saturated carbocycles. The lowest BCUT2D eigenvalue weighted by atomic mass is 10.0. The Bertz CT molecular complexity index is 416. The van der Waals surface area contributed by atoms with E-state index in [0.717, 1.165) is 25.1 Å². The molecular formula is C16H24ClNO3. The Morgan fingerprint density at radius 1 is 1.29 bits per heavy atom. The number of hydrogen-bond acceptors (Lipinski definition) is 4. The maximum Gasteiger partial charge on any atom is 0.337 e. The summed E-state index contributed by atoms with van der Waals surface area (Å²) in [7, 11) is 1.39. The van der Waals surface area contributed by atoms with Crippen molar-refractivity contribution in [3.05, 3.63) is 35.4 Å². The van der Waals surface area contributed by atoms with Gasteiger partial charge in [0.1, 0.15) is 0 Å². The molecule has 0 bridgehead atoms. The molecule has 1 unspecified atom stereocenters. The normalized spacial score (nSPS) is 17.9. The van der Waals surface area contributed by atoms with Gasteiger partial charge in [0, 0.05) is 12.6 Å². The highest BCUT2D eigenvalue weighted by atomic mass is 35.5. The molecule has 1 atom stereocenters. The molecule has 1 N–H and O–H groups in total. The largest absolute Gasteiger partial charge is 0.465 e. The van der Waals surface area contributed by atoms with Crippen molar-refractivity contribution in [1.82, 2.24) is 5.32 Å². The van der Waals surface area contributed by atoms with Crippen LogP contribution in [0.1, 0.15) is 41.6 Å². The predicted octanol–water partition coefficient (Wildman–Crippen LogP) is 2.94. The average molecular weight is 314 g/mol. The molecule has 5 heteroatoms. The smallest absolute Gasteiger partial charge is 0.337 e. The predicted molar refractivity (Wildman–Crippen MR) is 84.9 cm³/mol. The first kappa shape index (κ1) is 18.0. The average Bonchev–Trinajstić information content (AvgIpc) is 2.52. The fraction of sp³-hybridized carbons (Fsp3) is 0.562. The third-order valence-electron chi connectivity index (χ3n) is 3.67. The molecule has 118 valence electrons. The van der Waals surface area contributed by atoms with E-state index >= 15 is 0 Å². The van der Waals surface area contributed by atoms with Gasteiger partial charge in [0.2, 0.25) is 0 Å². The molecule has 1 fully saturated rings. The topological polar surface area (TPSA) is 47.6 Å². The summed E-state index contributed by atoms with van der Waals surface area (Å²) in [6.07, 6.45) is 4.95. The second-order valence-corrected chi connectivity index (χ2v) is 5.18. The first-order chi connectivity index (χ1) is 9.79. The van der Waals surface area contributed by atoms with Crippen molar-refractivity contribution in [3.63, 3.8) is 0 Å². The fourth-order valence-corrected chi connectivity index (χ4v) is 2.44. The summed E-state index contributed by atoms with van der Waals surface area (Å²) >= 11 is 0. The minimum absolute atomic E-state index is 0. The van der Waals surface area contributed by atoms with Crippen LogP contribution in [0.4, 0.5) is 0 Å².